The molecule has 3 N–H and O–H groups in total. The van der Waals surface area contributed by atoms with E-state index in [0.29, 0.717) is 0 Å². The number of nitrogens with one attached hydrogen (secondary N) is 1. The lowest BCUT2D eigenvalue weighted by atomic mass is 10.2. The molecular formula is C10H13FN2S. The van der Waals surface area contributed by atoms with Crippen LogP contribution in [0.3, 0.4) is 0 Å². The normalized spacial score (nSPS) is 12.4. The molecule has 2 nitrogen and oxygen atoms in total. The molecular weight excluding hydrogens is 199 g/mol. The molecule has 1 rings (SSSR count). The summed E-state index contributed by atoms with van der Waals surface area (Å²) < 4.78 is 12.6. The number of rotatable bonds is 4. The fraction of sp³-hybridized carbons (Fsp3) is 0.300. The molecule has 0 heterocycles. The summed E-state index contributed by atoms with van der Waals surface area (Å²) in [4.78, 5) is 1.000. The number of nitrogens with two attached hydrogens (primary N) is 1. The number of hydrogen-bond acceptors (Lipinski definition) is 2. The van der Waals surface area contributed by atoms with Gasteiger partial charge in [-0.25, -0.2) is 4.39 Å². The predicted molar refractivity (Wildman–Crippen MR) is 58.2 cm³/mol. The molecule has 0 spiro atoms. The van der Waals surface area contributed by atoms with Gasteiger partial charge in [-0.3, -0.25) is 5.41 Å². The molecule has 4 heteroatoms. The fourth-order valence-corrected chi connectivity index (χ4v) is 1.79. The monoisotopic (exact) mass is 212 g/mol. The summed E-state index contributed by atoms with van der Waals surface area (Å²) in [5.74, 6) is 0.777. The van der Waals surface area contributed by atoms with Crippen molar-refractivity contribution >= 4 is 17.6 Å². The third kappa shape index (κ3) is 3.38. The maximum atomic E-state index is 12.6. The van der Waals surface area contributed by atoms with E-state index in [-0.39, 0.29) is 17.6 Å². The Morgan fingerprint density at radius 3 is 2.57 bits per heavy atom. The van der Waals surface area contributed by atoms with Gasteiger partial charge in [0, 0.05) is 16.6 Å². The first-order valence-corrected chi connectivity index (χ1v) is 5.30. The van der Waals surface area contributed by atoms with Crippen LogP contribution in [0.4, 0.5) is 4.39 Å². The van der Waals surface area contributed by atoms with E-state index in [0.717, 1.165) is 10.6 Å². The molecule has 1 unspecified atom stereocenters. The van der Waals surface area contributed by atoms with Crippen molar-refractivity contribution in [2.75, 3.05) is 5.75 Å². The van der Waals surface area contributed by atoms with Gasteiger partial charge in [0.05, 0.1) is 5.84 Å². The minimum Gasteiger partial charge on any atom is -0.387 e. The molecule has 0 aliphatic heterocycles. The van der Waals surface area contributed by atoms with Crippen LogP contribution in [0.1, 0.15) is 6.92 Å². The van der Waals surface area contributed by atoms with Crippen LogP contribution in [0.25, 0.3) is 0 Å². The second-order valence-electron chi connectivity index (χ2n) is 3.12. The molecule has 0 saturated heterocycles. The van der Waals surface area contributed by atoms with Crippen LogP contribution < -0.4 is 5.73 Å². The first-order chi connectivity index (χ1) is 6.59. The zero-order chi connectivity index (χ0) is 10.6. The molecule has 0 bridgehead atoms. The van der Waals surface area contributed by atoms with E-state index in [9.17, 15) is 4.39 Å². The smallest absolute Gasteiger partial charge is 0.123 e. The van der Waals surface area contributed by atoms with Gasteiger partial charge in [-0.15, -0.1) is 11.8 Å². The van der Waals surface area contributed by atoms with Gasteiger partial charge >= 0.3 is 0 Å². The third-order valence-corrected chi connectivity index (χ3v) is 3.12. The Balaban J connectivity index is 2.46. The molecule has 1 aromatic rings. The number of benzene rings is 1. The lowest BCUT2D eigenvalue weighted by molar-refractivity contribution is 0.626. The van der Waals surface area contributed by atoms with Gasteiger partial charge in [-0.2, -0.15) is 0 Å². The summed E-state index contributed by atoms with van der Waals surface area (Å²) in [5, 5.41) is 7.20. The lowest BCUT2D eigenvalue weighted by Gasteiger charge is -2.08. The summed E-state index contributed by atoms with van der Waals surface area (Å²) in [6.07, 6.45) is 0. The molecule has 1 atom stereocenters. The van der Waals surface area contributed by atoms with E-state index in [1.54, 1.807) is 23.9 Å². The lowest BCUT2D eigenvalue weighted by Crippen LogP contribution is -2.21. The van der Waals surface area contributed by atoms with E-state index in [2.05, 4.69) is 0 Å². The van der Waals surface area contributed by atoms with Crippen molar-refractivity contribution in [1.82, 2.24) is 0 Å². The predicted octanol–water partition coefficient (Wildman–Crippen LogP) is 2.49. The van der Waals surface area contributed by atoms with Crippen molar-refractivity contribution in [2.24, 2.45) is 11.7 Å². The second kappa shape index (κ2) is 5.00. The van der Waals surface area contributed by atoms with Crippen LogP contribution in [0, 0.1) is 17.1 Å². The Morgan fingerprint density at radius 2 is 2.07 bits per heavy atom. The van der Waals surface area contributed by atoms with Crippen LogP contribution in [0.2, 0.25) is 0 Å². The summed E-state index contributed by atoms with van der Waals surface area (Å²) >= 11 is 1.58. The summed E-state index contributed by atoms with van der Waals surface area (Å²) in [6.45, 7) is 1.90. The maximum Gasteiger partial charge on any atom is 0.123 e. The maximum absolute atomic E-state index is 12.6. The van der Waals surface area contributed by atoms with Gasteiger partial charge in [0.25, 0.3) is 0 Å². The first-order valence-electron chi connectivity index (χ1n) is 4.32. The minimum atomic E-state index is -0.228. The molecule has 0 fully saturated rings. The van der Waals surface area contributed by atoms with Crippen molar-refractivity contribution in [2.45, 2.75) is 11.8 Å². The molecule has 0 radical (unpaired) electrons. The highest BCUT2D eigenvalue weighted by molar-refractivity contribution is 7.99. The van der Waals surface area contributed by atoms with Crippen LogP contribution in [-0.4, -0.2) is 11.6 Å². The highest BCUT2D eigenvalue weighted by Crippen LogP contribution is 2.20. The standard InChI is InChI=1S/C10H13FN2S/c1-7(10(12)13)6-14-9-4-2-8(11)3-5-9/h2-5,7H,6H2,1H3,(H3,12,13). The highest BCUT2D eigenvalue weighted by Gasteiger charge is 2.05. The van der Waals surface area contributed by atoms with E-state index in [1.807, 2.05) is 6.92 Å². The Morgan fingerprint density at radius 1 is 1.50 bits per heavy atom. The average molecular weight is 212 g/mol. The van der Waals surface area contributed by atoms with E-state index >= 15 is 0 Å². The Bertz CT molecular complexity index is 310. The van der Waals surface area contributed by atoms with Crippen molar-refractivity contribution < 1.29 is 4.39 Å². The van der Waals surface area contributed by atoms with Gasteiger partial charge in [-0.1, -0.05) is 6.92 Å². The van der Waals surface area contributed by atoms with E-state index < -0.39 is 0 Å². The molecule has 0 aromatic heterocycles. The molecule has 0 aliphatic carbocycles. The first kappa shape index (κ1) is 11.0. The molecule has 0 amide bonds. The summed E-state index contributed by atoms with van der Waals surface area (Å²) in [5.41, 5.74) is 5.33. The highest BCUT2D eigenvalue weighted by atomic mass is 32.2. The van der Waals surface area contributed by atoms with Gasteiger partial charge < -0.3 is 5.73 Å². The molecule has 76 valence electrons. The van der Waals surface area contributed by atoms with Crippen LogP contribution >= 0.6 is 11.8 Å². The van der Waals surface area contributed by atoms with Crippen molar-refractivity contribution in [3.05, 3.63) is 30.1 Å². The number of amidine groups is 1. The second-order valence-corrected chi connectivity index (χ2v) is 4.21. The zero-order valence-electron chi connectivity index (χ0n) is 7.96. The number of thioether (sulfide) groups is 1. The average Bonchev–Trinajstić information content (AvgIpc) is 2.16. The fourth-order valence-electron chi connectivity index (χ4n) is 0.842. The van der Waals surface area contributed by atoms with Crippen molar-refractivity contribution in [1.29, 1.82) is 5.41 Å². The van der Waals surface area contributed by atoms with E-state index in [4.69, 9.17) is 11.1 Å². The van der Waals surface area contributed by atoms with E-state index in [1.165, 1.54) is 12.1 Å². The van der Waals surface area contributed by atoms with Gasteiger partial charge in [0.1, 0.15) is 5.82 Å². The SMILES string of the molecule is CC(CSc1ccc(F)cc1)C(=N)N. The summed E-state index contributed by atoms with van der Waals surface area (Å²) in [7, 11) is 0. The molecule has 0 saturated carbocycles. The van der Waals surface area contributed by atoms with Crippen LogP contribution in [0.5, 0.6) is 0 Å². The van der Waals surface area contributed by atoms with Gasteiger partial charge in [0.2, 0.25) is 0 Å². The van der Waals surface area contributed by atoms with Crippen molar-refractivity contribution in [3.63, 3.8) is 0 Å². The molecule has 14 heavy (non-hydrogen) atoms. The minimum absolute atomic E-state index is 0.0602. The number of halogens is 1. The molecule has 0 aliphatic rings. The quantitative estimate of drug-likeness (QED) is 0.457. The Hall–Kier alpha value is -1.03. The zero-order valence-corrected chi connectivity index (χ0v) is 8.77. The van der Waals surface area contributed by atoms with Crippen LogP contribution in [0.15, 0.2) is 29.2 Å². The summed E-state index contributed by atoms with van der Waals surface area (Å²) in [6, 6.07) is 6.32. The Kier molecular flexibility index (Phi) is 3.95. The van der Waals surface area contributed by atoms with Crippen molar-refractivity contribution in [3.8, 4) is 0 Å². The topological polar surface area (TPSA) is 49.9 Å². The molecule has 1 aromatic carbocycles. The van der Waals surface area contributed by atoms with Gasteiger partial charge in [0.15, 0.2) is 0 Å². The number of hydrogen-bond donors (Lipinski definition) is 2. The third-order valence-electron chi connectivity index (χ3n) is 1.84. The van der Waals surface area contributed by atoms with Crippen LogP contribution in [-0.2, 0) is 0 Å². The largest absolute Gasteiger partial charge is 0.387 e. The Labute approximate surface area is 87.2 Å². The van der Waals surface area contributed by atoms with Gasteiger partial charge in [-0.05, 0) is 24.3 Å².